The van der Waals surface area contributed by atoms with E-state index in [2.05, 4.69) is 10.2 Å². The van der Waals surface area contributed by atoms with Crippen LogP contribution >= 0.6 is 0 Å². The third-order valence-electron chi connectivity index (χ3n) is 6.01. The fourth-order valence-electron chi connectivity index (χ4n) is 4.34. The number of phenolic OH excluding ortho intramolecular Hbond substituents is 1. The Labute approximate surface area is 190 Å². The maximum absolute atomic E-state index is 13.7. The fourth-order valence-corrected chi connectivity index (χ4v) is 4.34. The number of fused-ring (bicyclic) bond motifs is 1. The summed E-state index contributed by atoms with van der Waals surface area (Å²) in [6.45, 7) is 0.454. The molecule has 33 heavy (non-hydrogen) atoms. The summed E-state index contributed by atoms with van der Waals surface area (Å²) in [4.78, 5) is 15.2. The molecule has 0 saturated heterocycles. The third-order valence-corrected chi connectivity index (χ3v) is 6.01. The molecular weight excluding hydrogens is 421 g/mol. The number of amides is 1. The average molecular weight is 443 g/mol. The van der Waals surface area contributed by atoms with Crippen LogP contribution in [0.3, 0.4) is 0 Å². The van der Waals surface area contributed by atoms with Gasteiger partial charge in [0.25, 0.3) is 5.91 Å². The molecule has 3 aromatic carbocycles. The number of halogens is 1. The van der Waals surface area contributed by atoms with Crippen LogP contribution in [0.2, 0.25) is 0 Å². The first-order chi connectivity index (χ1) is 16.1. The molecule has 1 atom stereocenters. The number of para-hydroxylation sites is 1. The molecule has 0 fully saturated rings. The first kappa shape index (κ1) is 20.8. The van der Waals surface area contributed by atoms with Crippen molar-refractivity contribution >= 4 is 5.91 Å². The van der Waals surface area contributed by atoms with Crippen LogP contribution < -0.4 is 4.74 Å². The van der Waals surface area contributed by atoms with Gasteiger partial charge >= 0.3 is 0 Å². The molecule has 1 aliphatic rings. The number of phenols is 1. The molecule has 1 amide bonds. The zero-order valence-electron chi connectivity index (χ0n) is 18.0. The lowest BCUT2D eigenvalue weighted by Gasteiger charge is -2.26. The lowest BCUT2D eigenvalue weighted by molar-refractivity contribution is 0.0746. The van der Waals surface area contributed by atoms with Crippen molar-refractivity contribution in [3.8, 4) is 22.8 Å². The van der Waals surface area contributed by atoms with Gasteiger partial charge in [0.05, 0.1) is 13.2 Å². The van der Waals surface area contributed by atoms with Crippen LogP contribution in [0.1, 0.15) is 33.2 Å². The number of carbonyl (C=O) groups excluding carboxylic acids is 1. The molecule has 0 unspecified atom stereocenters. The van der Waals surface area contributed by atoms with Crippen molar-refractivity contribution in [2.45, 2.75) is 12.5 Å². The highest BCUT2D eigenvalue weighted by Gasteiger charge is 2.42. The van der Waals surface area contributed by atoms with Crippen LogP contribution in [0.4, 0.5) is 4.39 Å². The molecule has 6 nitrogen and oxygen atoms in total. The monoisotopic (exact) mass is 443 g/mol. The summed E-state index contributed by atoms with van der Waals surface area (Å²) in [6.07, 6.45) is 0.636. The van der Waals surface area contributed by atoms with Crippen molar-refractivity contribution in [1.29, 1.82) is 0 Å². The van der Waals surface area contributed by atoms with E-state index in [1.54, 1.807) is 48.4 Å². The number of ether oxygens (including phenoxy) is 1. The number of nitrogens with zero attached hydrogens (tertiary/aromatic N) is 2. The van der Waals surface area contributed by atoms with Crippen molar-refractivity contribution < 1.29 is 19.0 Å². The lowest BCUT2D eigenvalue weighted by Crippen LogP contribution is -2.31. The van der Waals surface area contributed by atoms with E-state index in [0.717, 1.165) is 16.9 Å². The van der Waals surface area contributed by atoms with Crippen molar-refractivity contribution in [3.63, 3.8) is 0 Å². The van der Waals surface area contributed by atoms with Gasteiger partial charge in [-0.05, 0) is 53.9 Å². The second kappa shape index (κ2) is 8.43. The SMILES string of the molecule is COc1ccc(CCN2C(=O)c3[nH]nc(-c4ccccc4O)c3[C@@H]2c2ccc(F)cc2)cc1. The van der Waals surface area contributed by atoms with Crippen LogP contribution in [0.5, 0.6) is 11.5 Å². The number of aromatic amines is 1. The molecule has 0 radical (unpaired) electrons. The number of H-pyrrole nitrogens is 1. The van der Waals surface area contributed by atoms with E-state index < -0.39 is 6.04 Å². The number of nitrogens with one attached hydrogen (secondary N) is 1. The zero-order valence-corrected chi connectivity index (χ0v) is 18.0. The summed E-state index contributed by atoms with van der Waals surface area (Å²) in [5, 5.41) is 17.7. The molecule has 5 rings (SSSR count). The number of hydrogen-bond donors (Lipinski definition) is 2. The summed E-state index contributed by atoms with van der Waals surface area (Å²) in [5.74, 6) is 0.325. The Bertz CT molecular complexity index is 1300. The Morgan fingerprint density at radius 3 is 2.48 bits per heavy atom. The molecule has 1 aromatic heterocycles. The Balaban J connectivity index is 1.54. The van der Waals surface area contributed by atoms with E-state index in [4.69, 9.17) is 4.74 Å². The molecule has 0 aliphatic carbocycles. The van der Waals surface area contributed by atoms with E-state index in [1.807, 2.05) is 24.3 Å². The summed E-state index contributed by atoms with van der Waals surface area (Å²) in [6, 6.07) is 20.3. The van der Waals surface area contributed by atoms with E-state index >= 15 is 0 Å². The Morgan fingerprint density at radius 1 is 1.06 bits per heavy atom. The van der Waals surface area contributed by atoms with Gasteiger partial charge in [-0.2, -0.15) is 5.10 Å². The minimum absolute atomic E-state index is 0.0776. The second-order valence-corrected chi connectivity index (χ2v) is 7.93. The minimum atomic E-state index is -0.459. The molecule has 0 saturated carbocycles. The smallest absolute Gasteiger partial charge is 0.273 e. The van der Waals surface area contributed by atoms with Gasteiger partial charge in [0, 0.05) is 17.7 Å². The quantitative estimate of drug-likeness (QED) is 0.452. The van der Waals surface area contributed by atoms with Crippen molar-refractivity contribution in [3.05, 3.63) is 101 Å². The van der Waals surface area contributed by atoms with Gasteiger partial charge in [-0.15, -0.1) is 0 Å². The molecule has 0 bridgehead atoms. The van der Waals surface area contributed by atoms with Crippen molar-refractivity contribution in [1.82, 2.24) is 15.1 Å². The van der Waals surface area contributed by atoms with Crippen molar-refractivity contribution in [2.24, 2.45) is 0 Å². The van der Waals surface area contributed by atoms with Gasteiger partial charge < -0.3 is 14.7 Å². The van der Waals surface area contributed by atoms with Crippen LogP contribution in [0.25, 0.3) is 11.3 Å². The minimum Gasteiger partial charge on any atom is -0.507 e. The number of carbonyl (C=O) groups is 1. The standard InChI is InChI=1S/C26H22FN3O3/c1-33-19-12-6-16(7-13-19)14-15-30-25(17-8-10-18(27)11-9-17)22-23(28-29-24(22)26(30)32)20-4-2-3-5-21(20)31/h2-13,25,31H,14-15H2,1H3,(H,28,29)/t25-/m0/s1. The molecule has 7 heteroatoms. The van der Waals surface area contributed by atoms with E-state index in [0.29, 0.717) is 35.5 Å². The predicted molar refractivity (Wildman–Crippen MR) is 122 cm³/mol. The summed E-state index contributed by atoms with van der Waals surface area (Å²) < 4.78 is 18.9. The highest BCUT2D eigenvalue weighted by atomic mass is 19.1. The Kier molecular flexibility index (Phi) is 5.30. The number of rotatable bonds is 6. The zero-order chi connectivity index (χ0) is 22.9. The summed E-state index contributed by atoms with van der Waals surface area (Å²) in [7, 11) is 1.62. The highest BCUT2D eigenvalue weighted by Crippen LogP contribution is 2.44. The van der Waals surface area contributed by atoms with Crippen molar-refractivity contribution in [2.75, 3.05) is 13.7 Å². The Hall–Kier alpha value is -4.13. The van der Waals surface area contributed by atoms with E-state index in [-0.39, 0.29) is 17.5 Å². The fraction of sp³-hybridized carbons (Fsp3) is 0.154. The van der Waals surface area contributed by atoms with Gasteiger partial charge in [0.1, 0.15) is 28.7 Å². The first-order valence-electron chi connectivity index (χ1n) is 10.6. The maximum atomic E-state index is 13.7. The van der Waals surface area contributed by atoms with Crippen LogP contribution in [0.15, 0.2) is 72.8 Å². The van der Waals surface area contributed by atoms with Gasteiger partial charge in [-0.3, -0.25) is 9.89 Å². The first-order valence-corrected chi connectivity index (χ1v) is 10.6. The maximum Gasteiger partial charge on any atom is 0.273 e. The number of benzene rings is 3. The van der Waals surface area contributed by atoms with Gasteiger partial charge in [-0.1, -0.05) is 36.4 Å². The summed E-state index contributed by atoms with van der Waals surface area (Å²) >= 11 is 0. The number of aromatic nitrogens is 2. The summed E-state index contributed by atoms with van der Waals surface area (Å²) in [5.41, 5.74) is 3.96. The van der Waals surface area contributed by atoms with Crippen LogP contribution in [-0.4, -0.2) is 39.8 Å². The topological polar surface area (TPSA) is 78.5 Å². The van der Waals surface area contributed by atoms with Gasteiger partial charge in [-0.25, -0.2) is 4.39 Å². The molecule has 1 aliphatic heterocycles. The lowest BCUT2D eigenvalue weighted by atomic mass is 9.95. The van der Waals surface area contributed by atoms with E-state index in [1.165, 1.54) is 12.1 Å². The van der Waals surface area contributed by atoms with Crippen LogP contribution in [0, 0.1) is 5.82 Å². The normalized spacial score (nSPS) is 15.0. The molecule has 0 spiro atoms. The largest absolute Gasteiger partial charge is 0.507 e. The number of aromatic hydroxyl groups is 1. The highest BCUT2D eigenvalue weighted by molar-refractivity contribution is 6.00. The Morgan fingerprint density at radius 2 is 1.79 bits per heavy atom. The van der Waals surface area contributed by atoms with Gasteiger partial charge in [0.2, 0.25) is 0 Å². The molecule has 2 N–H and O–H groups in total. The van der Waals surface area contributed by atoms with E-state index in [9.17, 15) is 14.3 Å². The number of hydrogen-bond acceptors (Lipinski definition) is 4. The van der Waals surface area contributed by atoms with Crippen LogP contribution in [-0.2, 0) is 6.42 Å². The molecular formula is C26H22FN3O3. The predicted octanol–water partition coefficient (Wildman–Crippen LogP) is 4.72. The molecule has 4 aromatic rings. The average Bonchev–Trinajstić information content (AvgIpc) is 3.38. The second-order valence-electron chi connectivity index (χ2n) is 7.93. The third kappa shape index (κ3) is 3.71. The number of methoxy groups -OCH3 is 1. The molecule has 166 valence electrons. The van der Waals surface area contributed by atoms with Gasteiger partial charge in [0.15, 0.2) is 0 Å². The molecule has 2 heterocycles.